The van der Waals surface area contributed by atoms with E-state index in [9.17, 15) is 4.79 Å². The Labute approximate surface area is 199 Å². The lowest BCUT2D eigenvalue weighted by molar-refractivity contribution is 0.103. The fraction of sp³-hybridized carbons (Fsp3) is 0.423. The number of carbonyl (C=O) groups excluding carboxylic acids is 1. The highest BCUT2D eigenvalue weighted by atomic mass is 79.9. The van der Waals surface area contributed by atoms with Crippen LogP contribution in [0.25, 0.3) is 5.52 Å². The van der Waals surface area contributed by atoms with Crippen molar-refractivity contribution in [2.24, 2.45) is 0 Å². The van der Waals surface area contributed by atoms with Crippen LogP contribution in [-0.2, 0) is 0 Å². The second kappa shape index (κ2) is 11.5. The molecule has 5 nitrogen and oxygen atoms in total. The summed E-state index contributed by atoms with van der Waals surface area (Å²) in [4.78, 5) is 15.9. The summed E-state index contributed by atoms with van der Waals surface area (Å²) in [5.74, 6) is 1.20. The van der Waals surface area contributed by atoms with Crippen molar-refractivity contribution in [3.8, 4) is 11.5 Å². The minimum atomic E-state index is -0.0472. The largest absolute Gasteiger partial charge is 0.493 e. The number of ether oxygens (including phenoxy) is 2. The number of hydrogen-bond donors (Lipinski definition) is 0. The molecule has 0 aliphatic carbocycles. The first-order valence-corrected chi connectivity index (χ1v) is 12.1. The maximum Gasteiger partial charge on any atom is 0.210 e. The van der Waals surface area contributed by atoms with E-state index in [1.54, 1.807) is 13.2 Å². The SMILES string of the molecule is CCCN(CCC)CCCOc1ccc(C(=O)c2c(C)c(Br)c3ccccn23)cc1OC. The number of hydrogen-bond acceptors (Lipinski definition) is 4. The normalized spacial score (nSPS) is 11.3. The monoisotopic (exact) mass is 500 g/mol. The van der Waals surface area contributed by atoms with E-state index in [0.717, 1.165) is 54.4 Å². The number of fused-ring (bicyclic) bond motifs is 1. The van der Waals surface area contributed by atoms with Gasteiger partial charge in [-0.05, 0) is 91.1 Å². The molecule has 0 aliphatic rings. The van der Waals surface area contributed by atoms with E-state index in [2.05, 4.69) is 34.7 Å². The highest BCUT2D eigenvalue weighted by Crippen LogP contribution is 2.32. The van der Waals surface area contributed by atoms with Gasteiger partial charge in [0.15, 0.2) is 11.5 Å². The quantitative estimate of drug-likeness (QED) is 0.221. The van der Waals surface area contributed by atoms with E-state index >= 15 is 0 Å². The van der Waals surface area contributed by atoms with Crippen LogP contribution in [0.1, 0.15) is 54.7 Å². The summed E-state index contributed by atoms with van der Waals surface area (Å²) in [6.07, 6.45) is 5.19. The predicted molar refractivity (Wildman–Crippen MR) is 133 cm³/mol. The standard InChI is InChI=1S/C26H33BrN2O3/c1-5-13-28(14-6-2)15-9-17-32-22-12-11-20(18-23(22)31-4)26(30)25-19(3)24(27)21-10-7-8-16-29(21)25/h7-8,10-12,16,18H,5-6,9,13-15,17H2,1-4H3. The summed E-state index contributed by atoms with van der Waals surface area (Å²) >= 11 is 3.63. The average Bonchev–Trinajstić information content (AvgIpc) is 3.06. The summed E-state index contributed by atoms with van der Waals surface area (Å²) in [7, 11) is 1.61. The minimum Gasteiger partial charge on any atom is -0.493 e. The van der Waals surface area contributed by atoms with Crippen LogP contribution in [0.3, 0.4) is 0 Å². The molecule has 2 heterocycles. The fourth-order valence-corrected chi connectivity index (χ4v) is 4.59. The van der Waals surface area contributed by atoms with Crippen LogP contribution in [-0.4, -0.2) is 48.4 Å². The summed E-state index contributed by atoms with van der Waals surface area (Å²) in [6.45, 7) is 10.3. The summed E-state index contributed by atoms with van der Waals surface area (Å²) in [5, 5.41) is 0. The molecule has 0 amide bonds. The van der Waals surface area contributed by atoms with Crippen molar-refractivity contribution in [1.82, 2.24) is 9.30 Å². The molecular formula is C26H33BrN2O3. The number of benzene rings is 1. The molecule has 32 heavy (non-hydrogen) atoms. The molecule has 0 fully saturated rings. The van der Waals surface area contributed by atoms with Crippen molar-refractivity contribution in [2.75, 3.05) is 33.4 Å². The van der Waals surface area contributed by atoms with Crippen molar-refractivity contribution in [1.29, 1.82) is 0 Å². The molecule has 172 valence electrons. The van der Waals surface area contributed by atoms with E-state index in [1.807, 2.05) is 47.9 Å². The Balaban J connectivity index is 1.73. The third-order valence-electron chi connectivity index (χ3n) is 5.61. The van der Waals surface area contributed by atoms with Gasteiger partial charge in [-0.25, -0.2) is 0 Å². The van der Waals surface area contributed by atoms with Gasteiger partial charge >= 0.3 is 0 Å². The zero-order valence-corrected chi connectivity index (χ0v) is 21.1. The van der Waals surface area contributed by atoms with Crippen LogP contribution in [0.15, 0.2) is 47.1 Å². The first-order chi connectivity index (χ1) is 15.5. The van der Waals surface area contributed by atoms with Gasteiger partial charge in [-0.3, -0.25) is 4.79 Å². The van der Waals surface area contributed by atoms with Gasteiger partial charge in [0.05, 0.1) is 24.9 Å². The molecule has 0 aliphatic heterocycles. The van der Waals surface area contributed by atoms with Gasteiger partial charge in [0.2, 0.25) is 5.78 Å². The third-order valence-corrected chi connectivity index (χ3v) is 6.61. The van der Waals surface area contributed by atoms with Gasteiger partial charge in [0, 0.05) is 22.8 Å². The highest BCUT2D eigenvalue weighted by molar-refractivity contribution is 9.10. The lowest BCUT2D eigenvalue weighted by Crippen LogP contribution is -2.27. The average molecular weight is 501 g/mol. The molecule has 2 aromatic heterocycles. The molecule has 0 unspecified atom stereocenters. The van der Waals surface area contributed by atoms with Crippen LogP contribution in [0, 0.1) is 6.92 Å². The van der Waals surface area contributed by atoms with E-state index in [-0.39, 0.29) is 5.78 Å². The van der Waals surface area contributed by atoms with Crippen LogP contribution >= 0.6 is 15.9 Å². The molecule has 3 rings (SSSR count). The van der Waals surface area contributed by atoms with Crippen molar-refractivity contribution >= 4 is 27.2 Å². The molecule has 0 atom stereocenters. The molecule has 0 N–H and O–H groups in total. The zero-order chi connectivity index (χ0) is 23.1. The van der Waals surface area contributed by atoms with Gasteiger partial charge in [-0.15, -0.1) is 0 Å². The second-order valence-electron chi connectivity index (χ2n) is 7.98. The molecule has 3 aromatic rings. The lowest BCUT2D eigenvalue weighted by atomic mass is 10.1. The van der Waals surface area contributed by atoms with Crippen molar-refractivity contribution in [3.63, 3.8) is 0 Å². The Kier molecular flexibility index (Phi) is 8.76. The summed E-state index contributed by atoms with van der Waals surface area (Å²) in [5.41, 5.74) is 3.12. The molecular weight excluding hydrogens is 468 g/mol. The van der Waals surface area contributed by atoms with Crippen LogP contribution in [0.5, 0.6) is 11.5 Å². The van der Waals surface area contributed by atoms with Gasteiger partial charge in [-0.2, -0.15) is 0 Å². The first kappa shape index (κ1) is 24.3. The molecule has 6 heteroatoms. The molecule has 1 aromatic carbocycles. The van der Waals surface area contributed by atoms with Crippen LogP contribution in [0.2, 0.25) is 0 Å². The maximum absolute atomic E-state index is 13.4. The summed E-state index contributed by atoms with van der Waals surface area (Å²) in [6, 6.07) is 11.3. The minimum absolute atomic E-state index is 0.0472. The van der Waals surface area contributed by atoms with E-state index in [1.165, 1.54) is 0 Å². The Bertz CT molecular complexity index is 1050. The smallest absolute Gasteiger partial charge is 0.210 e. The number of methoxy groups -OCH3 is 1. The van der Waals surface area contributed by atoms with Crippen molar-refractivity contribution in [3.05, 3.63) is 63.9 Å². The van der Waals surface area contributed by atoms with Gasteiger partial charge < -0.3 is 18.8 Å². The Morgan fingerprint density at radius 2 is 1.81 bits per heavy atom. The number of rotatable bonds is 12. The predicted octanol–water partition coefficient (Wildman–Crippen LogP) is 6.14. The van der Waals surface area contributed by atoms with E-state index in [4.69, 9.17) is 9.47 Å². The molecule has 0 saturated carbocycles. The number of ketones is 1. The second-order valence-corrected chi connectivity index (χ2v) is 8.77. The maximum atomic E-state index is 13.4. The lowest BCUT2D eigenvalue weighted by Gasteiger charge is -2.21. The number of aromatic nitrogens is 1. The van der Waals surface area contributed by atoms with Crippen molar-refractivity contribution < 1.29 is 14.3 Å². The Morgan fingerprint density at radius 1 is 1.06 bits per heavy atom. The van der Waals surface area contributed by atoms with E-state index < -0.39 is 0 Å². The Hall–Kier alpha value is -2.31. The number of halogens is 1. The number of pyridine rings is 1. The highest BCUT2D eigenvalue weighted by Gasteiger charge is 2.21. The first-order valence-electron chi connectivity index (χ1n) is 11.3. The Morgan fingerprint density at radius 3 is 2.50 bits per heavy atom. The van der Waals surface area contributed by atoms with Gasteiger partial charge in [-0.1, -0.05) is 19.9 Å². The number of carbonyl (C=O) groups is 1. The van der Waals surface area contributed by atoms with Crippen LogP contribution < -0.4 is 9.47 Å². The molecule has 0 radical (unpaired) electrons. The third kappa shape index (κ3) is 5.36. The summed E-state index contributed by atoms with van der Waals surface area (Å²) < 4.78 is 14.4. The van der Waals surface area contributed by atoms with Gasteiger partial charge in [0.1, 0.15) is 0 Å². The number of nitrogens with zero attached hydrogens (tertiary/aromatic N) is 2. The fourth-order valence-electron chi connectivity index (χ4n) is 4.08. The van der Waals surface area contributed by atoms with E-state index in [0.29, 0.717) is 29.4 Å². The molecule has 0 bridgehead atoms. The molecule has 0 saturated heterocycles. The zero-order valence-electron chi connectivity index (χ0n) is 19.5. The topological polar surface area (TPSA) is 43.2 Å². The van der Waals surface area contributed by atoms with Crippen LogP contribution in [0.4, 0.5) is 0 Å². The molecule has 0 spiro atoms. The van der Waals surface area contributed by atoms with Crippen molar-refractivity contribution in [2.45, 2.75) is 40.0 Å². The van der Waals surface area contributed by atoms with Gasteiger partial charge in [0.25, 0.3) is 0 Å².